The van der Waals surface area contributed by atoms with Gasteiger partial charge in [0.05, 0.1) is 6.61 Å². The van der Waals surface area contributed by atoms with Crippen molar-refractivity contribution in [3.8, 4) is 5.75 Å². The number of nitrogens with zero attached hydrogens (tertiary/aromatic N) is 1. The van der Waals surface area contributed by atoms with E-state index in [0.29, 0.717) is 6.61 Å². The van der Waals surface area contributed by atoms with Crippen molar-refractivity contribution in [1.29, 1.82) is 0 Å². The maximum atomic E-state index is 11.1. The van der Waals surface area contributed by atoms with Crippen molar-refractivity contribution < 1.29 is 14.6 Å². The topological polar surface area (TPSA) is 49.8 Å². The van der Waals surface area contributed by atoms with E-state index in [0.717, 1.165) is 38.1 Å². The number of aryl methyl sites for hydroxylation is 2. The quantitative estimate of drug-likeness (QED) is 0.812. The second-order valence-corrected chi connectivity index (χ2v) is 5.56. The molecule has 1 fully saturated rings. The number of carboxylic acid groups (broad SMARTS) is 1. The highest BCUT2D eigenvalue weighted by Crippen LogP contribution is 2.19. The Bertz CT molecular complexity index is 453. The minimum Gasteiger partial charge on any atom is -0.494 e. The van der Waals surface area contributed by atoms with E-state index in [1.807, 2.05) is 17.0 Å². The molecule has 0 amide bonds. The molecule has 0 aliphatic carbocycles. The number of benzene rings is 1. The molecule has 0 saturated carbocycles. The van der Waals surface area contributed by atoms with Crippen LogP contribution in [0.25, 0.3) is 0 Å². The van der Waals surface area contributed by atoms with Crippen LogP contribution in [0.3, 0.4) is 0 Å². The molecule has 1 aromatic rings. The van der Waals surface area contributed by atoms with Crippen LogP contribution in [0.5, 0.6) is 5.75 Å². The Morgan fingerprint density at radius 1 is 1.35 bits per heavy atom. The third kappa shape index (κ3) is 3.97. The van der Waals surface area contributed by atoms with Gasteiger partial charge in [0, 0.05) is 6.54 Å². The molecule has 1 N–H and O–H groups in total. The normalized spacial score (nSPS) is 19.2. The van der Waals surface area contributed by atoms with Crippen LogP contribution in [0.15, 0.2) is 18.2 Å². The van der Waals surface area contributed by atoms with Gasteiger partial charge in [-0.15, -0.1) is 0 Å². The molecule has 1 atom stereocenters. The van der Waals surface area contributed by atoms with E-state index in [1.54, 1.807) is 0 Å². The summed E-state index contributed by atoms with van der Waals surface area (Å²) in [4.78, 5) is 13.1. The summed E-state index contributed by atoms with van der Waals surface area (Å²) in [5.41, 5.74) is 2.40. The number of carboxylic acids is 1. The third-order valence-corrected chi connectivity index (χ3v) is 3.70. The molecule has 20 heavy (non-hydrogen) atoms. The molecule has 0 unspecified atom stereocenters. The van der Waals surface area contributed by atoms with Gasteiger partial charge in [-0.2, -0.15) is 0 Å². The van der Waals surface area contributed by atoms with Crippen LogP contribution in [0.2, 0.25) is 0 Å². The average molecular weight is 277 g/mol. The molecular formula is C16H23NO3. The van der Waals surface area contributed by atoms with Gasteiger partial charge in [-0.1, -0.05) is 6.07 Å². The van der Waals surface area contributed by atoms with Gasteiger partial charge in [0.25, 0.3) is 0 Å². The summed E-state index contributed by atoms with van der Waals surface area (Å²) in [5, 5.41) is 9.11. The monoisotopic (exact) mass is 277 g/mol. The number of carbonyl (C=O) groups is 1. The molecule has 2 rings (SSSR count). The molecule has 1 aliphatic rings. The molecule has 110 valence electrons. The lowest BCUT2D eigenvalue weighted by molar-refractivity contribution is -0.142. The van der Waals surface area contributed by atoms with Gasteiger partial charge in [0.2, 0.25) is 0 Å². The largest absolute Gasteiger partial charge is 0.494 e. The Morgan fingerprint density at radius 3 is 2.70 bits per heavy atom. The summed E-state index contributed by atoms with van der Waals surface area (Å²) in [6, 6.07) is 5.89. The zero-order valence-electron chi connectivity index (χ0n) is 12.3. The van der Waals surface area contributed by atoms with Crippen molar-refractivity contribution in [3.05, 3.63) is 29.3 Å². The summed E-state index contributed by atoms with van der Waals surface area (Å²) in [6.45, 7) is 6.43. The minimum atomic E-state index is -0.697. The third-order valence-electron chi connectivity index (χ3n) is 3.70. The minimum absolute atomic E-state index is 0.295. The van der Waals surface area contributed by atoms with Gasteiger partial charge < -0.3 is 9.84 Å². The van der Waals surface area contributed by atoms with Gasteiger partial charge in [-0.05, 0) is 62.9 Å². The predicted octanol–water partition coefficient (Wildman–Crippen LogP) is 2.62. The zero-order chi connectivity index (χ0) is 14.5. The van der Waals surface area contributed by atoms with Crippen molar-refractivity contribution in [2.75, 3.05) is 19.7 Å². The molecule has 0 bridgehead atoms. The summed E-state index contributed by atoms with van der Waals surface area (Å²) in [5.74, 6) is 0.205. The number of aliphatic carboxylic acids is 1. The fourth-order valence-electron chi connectivity index (χ4n) is 2.85. The lowest BCUT2D eigenvalue weighted by atomic mass is 10.1. The second kappa shape index (κ2) is 6.75. The maximum absolute atomic E-state index is 11.1. The van der Waals surface area contributed by atoms with Crippen LogP contribution in [0, 0.1) is 13.8 Å². The smallest absolute Gasteiger partial charge is 0.320 e. The summed E-state index contributed by atoms with van der Waals surface area (Å²) < 4.78 is 5.75. The van der Waals surface area contributed by atoms with Gasteiger partial charge >= 0.3 is 5.97 Å². The first-order chi connectivity index (χ1) is 9.56. The lowest BCUT2D eigenvalue weighted by Crippen LogP contribution is -2.36. The first-order valence-electron chi connectivity index (χ1n) is 7.24. The summed E-state index contributed by atoms with van der Waals surface area (Å²) in [6.07, 6.45) is 2.61. The van der Waals surface area contributed by atoms with Gasteiger partial charge in [-0.3, -0.25) is 9.69 Å². The van der Waals surface area contributed by atoms with E-state index in [-0.39, 0.29) is 6.04 Å². The Labute approximate surface area is 120 Å². The van der Waals surface area contributed by atoms with Crippen LogP contribution in [-0.4, -0.2) is 41.7 Å². The van der Waals surface area contributed by atoms with Crippen molar-refractivity contribution >= 4 is 5.97 Å². The SMILES string of the molecule is Cc1cc(C)cc(OCCCN2CCC[C@H]2C(=O)O)c1. The summed E-state index contributed by atoms with van der Waals surface area (Å²) >= 11 is 0. The first-order valence-corrected chi connectivity index (χ1v) is 7.24. The highest BCUT2D eigenvalue weighted by Gasteiger charge is 2.29. The molecule has 1 saturated heterocycles. The van der Waals surface area contributed by atoms with E-state index in [9.17, 15) is 4.79 Å². The number of ether oxygens (including phenoxy) is 1. The van der Waals surface area contributed by atoms with Gasteiger partial charge in [-0.25, -0.2) is 0 Å². The van der Waals surface area contributed by atoms with Crippen molar-refractivity contribution in [1.82, 2.24) is 4.90 Å². The van der Waals surface area contributed by atoms with Gasteiger partial charge in [0.1, 0.15) is 11.8 Å². The predicted molar refractivity (Wildman–Crippen MR) is 78.3 cm³/mol. The number of rotatable bonds is 6. The Hall–Kier alpha value is -1.55. The lowest BCUT2D eigenvalue weighted by Gasteiger charge is -2.20. The van der Waals surface area contributed by atoms with E-state index >= 15 is 0 Å². The molecular weight excluding hydrogens is 254 g/mol. The molecule has 0 radical (unpaired) electrons. The Kier molecular flexibility index (Phi) is 5.01. The van der Waals surface area contributed by atoms with Crippen molar-refractivity contribution in [3.63, 3.8) is 0 Å². The Morgan fingerprint density at radius 2 is 2.05 bits per heavy atom. The number of hydrogen-bond acceptors (Lipinski definition) is 3. The molecule has 0 aromatic heterocycles. The van der Waals surface area contributed by atoms with E-state index in [1.165, 1.54) is 11.1 Å². The van der Waals surface area contributed by atoms with Crippen LogP contribution >= 0.6 is 0 Å². The number of hydrogen-bond donors (Lipinski definition) is 1. The molecule has 4 heteroatoms. The molecule has 0 spiro atoms. The maximum Gasteiger partial charge on any atom is 0.320 e. The van der Waals surface area contributed by atoms with E-state index in [2.05, 4.69) is 19.9 Å². The fourth-order valence-corrected chi connectivity index (χ4v) is 2.85. The Balaban J connectivity index is 1.75. The molecule has 1 aromatic carbocycles. The second-order valence-electron chi connectivity index (χ2n) is 5.56. The standard InChI is InChI=1S/C16H23NO3/c1-12-9-13(2)11-14(10-12)20-8-4-7-17-6-3-5-15(17)16(18)19/h9-11,15H,3-8H2,1-2H3,(H,18,19)/t15-/m0/s1. The highest BCUT2D eigenvalue weighted by molar-refractivity contribution is 5.73. The average Bonchev–Trinajstić information content (AvgIpc) is 2.82. The van der Waals surface area contributed by atoms with E-state index in [4.69, 9.17) is 9.84 Å². The first kappa shape index (κ1) is 14.9. The zero-order valence-corrected chi connectivity index (χ0v) is 12.3. The van der Waals surface area contributed by atoms with Crippen LogP contribution < -0.4 is 4.74 Å². The molecule has 1 aliphatic heterocycles. The van der Waals surface area contributed by atoms with Crippen LogP contribution in [0.4, 0.5) is 0 Å². The number of likely N-dealkylation sites (tertiary alicyclic amines) is 1. The highest BCUT2D eigenvalue weighted by atomic mass is 16.5. The fraction of sp³-hybridized carbons (Fsp3) is 0.562. The summed E-state index contributed by atoms with van der Waals surface area (Å²) in [7, 11) is 0. The van der Waals surface area contributed by atoms with Crippen molar-refractivity contribution in [2.24, 2.45) is 0 Å². The van der Waals surface area contributed by atoms with Crippen molar-refractivity contribution in [2.45, 2.75) is 39.2 Å². The van der Waals surface area contributed by atoms with Crippen LogP contribution in [-0.2, 0) is 4.79 Å². The van der Waals surface area contributed by atoms with E-state index < -0.39 is 5.97 Å². The molecule has 1 heterocycles. The van der Waals surface area contributed by atoms with Crippen LogP contribution in [0.1, 0.15) is 30.4 Å². The molecule has 4 nitrogen and oxygen atoms in total. The van der Waals surface area contributed by atoms with Gasteiger partial charge in [0.15, 0.2) is 0 Å².